The molecule has 4 aromatic carbocycles. The van der Waals surface area contributed by atoms with E-state index in [0.29, 0.717) is 0 Å². The summed E-state index contributed by atoms with van der Waals surface area (Å²) in [5.74, 6) is 0. The minimum absolute atomic E-state index is 0. The molecule has 0 amide bonds. The molecule has 0 atom stereocenters. The largest absolute Gasteiger partial charge is 0.144 e. The molecule has 0 saturated carbocycles. The zero-order chi connectivity index (χ0) is 39.0. The molecule has 0 radical (unpaired) electrons. The second kappa shape index (κ2) is 75.4. The zero-order valence-corrected chi connectivity index (χ0v) is 29.3. The van der Waals surface area contributed by atoms with E-state index in [4.69, 9.17) is 51.2 Å². The average Bonchev–Trinajstić information content (AvgIpc) is 3.25. The first-order chi connectivity index (χ1) is 23.4. The summed E-state index contributed by atoms with van der Waals surface area (Å²) in [7, 11) is -1.91. The summed E-state index contributed by atoms with van der Waals surface area (Å²) >= 11 is 0. The fraction of sp³-hybridized carbons (Fsp3) is 0. The Bertz CT molecular complexity index is 1170. The Hall–Kier alpha value is -3.99. The number of benzene rings is 4. The molecule has 11 nitrogen and oxygen atoms in total. The van der Waals surface area contributed by atoms with Crippen molar-refractivity contribution in [2.45, 2.75) is 0 Å². The molecule has 0 heterocycles. The Kier molecular flexibility index (Phi) is 115. The van der Waals surface area contributed by atoms with Crippen molar-refractivity contribution < 1.29 is 102 Å². The molecule has 0 saturated heterocycles. The van der Waals surface area contributed by atoms with Crippen molar-refractivity contribution in [3.8, 4) is 0 Å². The number of rotatable bonds is 4. The summed E-state index contributed by atoms with van der Waals surface area (Å²) in [6, 6.07) is 43.8. The number of hydrogen-bond acceptors (Lipinski definition) is 0. The van der Waals surface area contributed by atoms with Crippen LogP contribution in [0.5, 0.6) is 0 Å². The molecule has 254 valence electrons. The minimum Gasteiger partial charge on any atom is -0.0620 e. The minimum atomic E-state index is -1.91. The van der Waals surface area contributed by atoms with Crippen LogP contribution >= 0.6 is 7.26 Å². The maximum Gasteiger partial charge on any atom is 0.144 e. The van der Waals surface area contributed by atoms with Crippen LogP contribution in [0.4, 0.5) is 0 Å². The van der Waals surface area contributed by atoms with Crippen molar-refractivity contribution in [3.05, 3.63) is 194 Å². The Morgan fingerprint density at radius 3 is 0.420 bits per heavy atom. The van der Waals surface area contributed by atoms with Crippen LogP contribution < -0.4 is 21.2 Å². The van der Waals surface area contributed by atoms with Gasteiger partial charge in [0, 0.05) is 51.2 Å². The molecule has 4 rings (SSSR count). The first kappa shape index (κ1) is 76.0. The summed E-state index contributed by atoms with van der Waals surface area (Å²) < 4.78 is 82.5. The molecule has 0 N–H and O–H groups in total. The van der Waals surface area contributed by atoms with E-state index in [1.807, 2.05) is 0 Å². The molecule has 0 aliphatic heterocycles. The van der Waals surface area contributed by atoms with Crippen LogP contribution in [0.1, 0.15) is 0 Å². The van der Waals surface area contributed by atoms with Gasteiger partial charge in [-0.2, -0.15) is 0 Å². The first-order valence-electron chi connectivity index (χ1n) is 10.8. The van der Waals surface area contributed by atoms with Crippen LogP contribution in [0.25, 0.3) is 0 Å². The average molecular weight is 815 g/mol. The normalized spacial score (nSPS) is 6.04. The van der Waals surface area contributed by atoms with Crippen LogP contribution in [0, 0.1) is 73.2 Å². The molecule has 4 aromatic rings. The Labute approximate surface area is 323 Å². The van der Waals surface area contributed by atoms with Gasteiger partial charge in [-0.1, -0.05) is 72.8 Å². The molecule has 15 heteroatoms. The van der Waals surface area contributed by atoms with Gasteiger partial charge in [0.25, 0.3) is 0 Å². The van der Waals surface area contributed by atoms with Crippen LogP contribution in [-0.2, 0) is 102 Å². The van der Waals surface area contributed by atoms with E-state index in [-0.39, 0.29) is 51.2 Å². The van der Waals surface area contributed by atoms with Gasteiger partial charge in [-0.3, -0.25) is 0 Å². The predicted molar refractivity (Wildman–Crippen MR) is 154 cm³/mol. The van der Waals surface area contributed by atoms with E-state index in [9.17, 15) is 0 Å². The van der Waals surface area contributed by atoms with Crippen molar-refractivity contribution in [2.24, 2.45) is 0 Å². The van der Waals surface area contributed by atoms with E-state index in [0.717, 1.165) is 0 Å². The van der Waals surface area contributed by atoms with E-state index < -0.39 is 7.26 Å². The van der Waals surface area contributed by atoms with Crippen molar-refractivity contribution >= 4 is 28.5 Å². The number of hydrogen-bond donors (Lipinski definition) is 0. The topological polar surface area (TPSA) is 219 Å². The molecular weight excluding hydrogens is 795 g/mol. The van der Waals surface area contributed by atoms with Gasteiger partial charge in [-0.05, 0) is 48.5 Å². The first-order valence-corrected chi connectivity index (χ1v) is 12.6. The van der Waals surface area contributed by atoms with E-state index in [2.05, 4.69) is 194 Å². The third-order valence-electron chi connectivity index (χ3n) is 4.57. The van der Waals surface area contributed by atoms with Crippen molar-refractivity contribution in [3.63, 3.8) is 0 Å². The SMILES string of the molecule is [C-]#[O+].[C-]#[O+].[C-]#[O+].[C-]#[O+].[C-]#[O+].[C-]#[O+].[C-]#[O+].[C-]#[O+].[C-]#[O+].[C-]#[O+].[C-]#[O+].[Fe].[Fe].[Fe].c1ccc([P+](c2ccccc2)(c2ccccc2)c2ccccc2)cc1. The van der Waals surface area contributed by atoms with Gasteiger partial charge in [-0.25, -0.2) is 0 Å². The fourth-order valence-corrected chi connectivity index (χ4v) is 7.77. The monoisotopic (exact) mass is 815 g/mol. The van der Waals surface area contributed by atoms with Crippen LogP contribution in [0.3, 0.4) is 0 Å². The molecule has 0 aliphatic carbocycles. The van der Waals surface area contributed by atoms with Crippen molar-refractivity contribution in [2.75, 3.05) is 0 Å². The van der Waals surface area contributed by atoms with Crippen molar-refractivity contribution in [1.29, 1.82) is 0 Å². The Balaban J connectivity index is -0.0000000585. The molecule has 0 aliphatic rings. The molecule has 50 heavy (non-hydrogen) atoms. The van der Waals surface area contributed by atoms with E-state index in [1.54, 1.807) is 0 Å². The molecule has 0 fully saturated rings. The van der Waals surface area contributed by atoms with Crippen LogP contribution in [0.2, 0.25) is 0 Å². The summed E-state index contributed by atoms with van der Waals surface area (Å²) in [4.78, 5) is 0. The third-order valence-corrected chi connectivity index (χ3v) is 8.86. The molecule has 0 aromatic heterocycles. The Morgan fingerprint density at radius 1 is 0.220 bits per heavy atom. The summed E-state index contributed by atoms with van der Waals surface area (Å²) in [5, 5.41) is 5.55. The maximum atomic E-state index is 7.50. The summed E-state index contributed by atoms with van der Waals surface area (Å²) in [6.07, 6.45) is 0. The van der Waals surface area contributed by atoms with Gasteiger partial charge < -0.3 is 0 Å². The van der Waals surface area contributed by atoms with Gasteiger partial charge in [0.05, 0.1) is 0 Å². The quantitative estimate of drug-likeness (QED) is 0.124. The smallest absolute Gasteiger partial charge is 0.0620 e. The third kappa shape index (κ3) is 30.1. The van der Waals surface area contributed by atoms with Gasteiger partial charge in [0.15, 0.2) is 0 Å². The summed E-state index contributed by atoms with van der Waals surface area (Å²) in [6.45, 7) is 49.5. The second-order valence-electron chi connectivity index (χ2n) is 6.01. The molecule has 0 bridgehead atoms. The molecular formula is C35H20Fe3O11P+. The van der Waals surface area contributed by atoms with E-state index >= 15 is 0 Å². The van der Waals surface area contributed by atoms with Crippen LogP contribution in [-0.4, -0.2) is 0 Å². The van der Waals surface area contributed by atoms with Gasteiger partial charge in [0.2, 0.25) is 0 Å². The maximum absolute atomic E-state index is 7.50. The van der Waals surface area contributed by atoms with Crippen molar-refractivity contribution in [1.82, 2.24) is 0 Å². The molecule has 0 spiro atoms. The standard InChI is InChI=1S/C24H20P.11CO.3Fe/c1-5-13-21(14-6-1)25(22-15-7-2-8-16-22,23-17-9-3-10-18-23)24-19-11-4-12-20-24;11*1-2;;;/h1-20H;;;;;;;;;;;;;;/q+1;;;;;;;;;;;;;;. The molecule has 0 unspecified atom stereocenters. The summed E-state index contributed by atoms with van der Waals surface area (Å²) in [5.41, 5.74) is 0. The fourth-order valence-electron chi connectivity index (χ4n) is 3.50. The second-order valence-corrected chi connectivity index (χ2v) is 9.42. The van der Waals surface area contributed by atoms with E-state index in [1.165, 1.54) is 21.2 Å². The van der Waals surface area contributed by atoms with Gasteiger partial charge in [-0.15, -0.1) is 0 Å². The zero-order valence-electron chi connectivity index (χ0n) is 25.0. The Morgan fingerprint density at radius 2 is 0.320 bits per heavy atom. The van der Waals surface area contributed by atoms with Gasteiger partial charge >= 0.3 is 124 Å². The van der Waals surface area contributed by atoms with Gasteiger partial charge in [0.1, 0.15) is 28.5 Å². The van der Waals surface area contributed by atoms with Crippen LogP contribution in [0.15, 0.2) is 121 Å². The predicted octanol–water partition coefficient (Wildman–Crippen LogP) is 3.89.